The Morgan fingerprint density at radius 1 is 1.60 bits per heavy atom. The van der Waals surface area contributed by atoms with Gasteiger partial charge in [-0.2, -0.15) is 11.8 Å². The fourth-order valence-corrected chi connectivity index (χ4v) is 3.83. The molecule has 1 saturated heterocycles. The first-order valence-corrected chi connectivity index (χ1v) is 8.34. The third kappa shape index (κ3) is 3.86. The van der Waals surface area contributed by atoms with Gasteiger partial charge in [0.2, 0.25) is 0 Å². The monoisotopic (exact) mass is 315 g/mol. The number of thioether (sulfide) groups is 1. The number of rotatable bonds is 4. The van der Waals surface area contributed by atoms with E-state index in [1.54, 1.807) is 22.2 Å². The number of carbonyl (C=O) groups excluding carboxylic acids is 1. The smallest absolute Gasteiger partial charge is 0.318 e. The number of nitrogens with zero attached hydrogens (tertiary/aromatic N) is 2. The SMILES string of the molecule is Cc1ncsc1CNC(=O)N1CCSCC1CC(=O)O. The molecule has 1 atom stereocenters. The van der Waals surface area contributed by atoms with Crippen molar-refractivity contribution in [2.75, 3.05) is 18.1 Å². The van der Waals surface area contributed by atoms with Crippen LogP contribution in [0.5, 0.6) is 0 Å². The highest BCUT2D eigenvalue weighted by atomic mass is 32.2. The molecule has 1 aliphatic rings. The Hall–Kier alpha value is -1.28. The second kappa shape index (κ2) is 6.94. The van der Waals surface area contributed by atoms with E-state index < -0.39 is 5.97 Å². The van der Waals surface area contributed by atoms with Crippen molar-refractivity contribution in [1.82, 2.24) is 15.2 Å². The molecule has 1 aliphatic heterocycles. The molecule has 0 aromatic carbocycles. The molecule has 0 saturated carbocycles. The average molecular weight is 315 g/mol. The van der Waals surface area contributed by atoms with Gasteiger partial charge < -0.3 is 15.3 Å². The summed E-state index contributed by atoms with van der Waals surface area (Å²) in [4.78, 5) is 29.8. The summed E-state index contributed by atoms with van der Waals surface area (Å²) in [6, 6.07) is -0.418. The Kier molecular flexibility index (Phi) is 5.24. The second-order valence-corrected chi connectivity index (χ2v) is 6.63. The van der Waals surface area contributed by atoms with Crippen LogP contribution >= 0.6 is 23.1 Å². The molecule has 0 radical (unpaired) electrons. The number of thiazole rings is 1. The fourth-order valence-electron chi connectivity index (χ4n) is 2.05. The van der Waals surface area contributed by atoms with E-state index >= 15 is 0 Å². The first-order valence-electron chi connectivity index (χ1n) is 6.31. The molecule has 1 aromatic rings. The molecule has 110 valence electrons. The Labute approximate surface area is 125 Å². The number of hydrogen-bond acceptors (Lipinski definition) is 5. The summed E-state index contributed by atoms with van der Waals surface area (Å²) in [5.41, 5.74) is 2.67. The van der Waals surface area contributed by atoms with Crippen LogP contribution in [0, 0.1) is 6.92 Å². The van der Waals surface area contributed by atoms with E-state index in [-0.39, 0.29) is 18.5 Å². The van der Waals surface area contributed by atoms with Gasteiger partial charge in [0.1, 0.15) is 0 Å². The van der Waals surface area contributed by atoms with Gasteiger partial charge in [0.25, 0.3) is 0 Å². The molecule has 8 heteroatoms. The Balaban J connectivity index is 1.92. The Bertz CT molecular complexity index is 492. The lowest BCUT2D eigenvalue weighted by Gasteiger charge is -2.34. The maximum atomic E-state index is 12.2. The molecular formula is C12H17N3O3S2. The number of amides is 2. The molecule has 6 nitrogen and oxygen atoms in total. The van der Waals surface area contributed by atoms with Crippen molar-refractivity contribution in [2.45, 2.75) is 25.9 Å². The molecule has 1 aromatic heterocycles. The van der Waals surface area contributed by atoms with Crippen LogP contribution in [0.15, 0.2) is 5.51 Å². The standard InChI is InChI=1S/C12H17N3O3S2/c1-8-10(20-7-14-8)5-13-12(18)15-2-3-19-6-9(15)4-11(16)17/h7,9H,2-6H2,1H3,(H,13,18)(H,16,17). The average Bonchev–Trinajstić information content (AvgIpc) is 2.81. The largest absolute Gasteiger partial charge is 0.481 e. The summed E-state index contributed by atoms with van der Waals surface area (Å²) in [6.07, 6.45) is 0.00000528. The van der Waals surface area contributed by atoms with Crippen molar-refractivity contribution in [1.29, 1.82) is 0 Å². The van der Waals surface area contributed by atoms with Crippen LogP contribution in [0.2, 0.25) is 0 Å². The minimum Gasteiger partial charge on any atom is -0.481 e. The lowest BCUT2D eigenvalue weighted by molar-refractivity contribution is -0.137. The van der Waals surface area contributed by atoms with Gasteiger partial charge in [0, 0.05) is 22.9 Å². The van der Waals surface area contributed by atoms with E-state index in [1.165, 1.54) is 11.3 Å². The van der Waals surface area contributed by atoms with Crippen molar-refractivity contribution < 1.29 is 14.7 Å². The molecule has 1 fully saturated rings. The van der Waals surface area contributed by atoms with Crippen molar-refractivity contribution in [2.24, 2.45) is 0 Å². The highest BCUT2D eigenvalue weighted by Crippen LogP contribution is 2.19. The molecule has 20 heavy (non-hydrogen) atoms. The normalized spacial score (nSPS) is 18.9. The maximum Gasteiger partial charge on any atom is 0.318 e. The summed E-state index contributed by atoms with van der Waals surface area (Å²) in [6.45, 7) is 2.94. The summed E-state index contributed by atoms with van der Waals surface area (Å²) < 4.78 is 0. The van der Waals surface area contributed by atoms with Gasteiger partial charge in [-0.15, -0.1) is 11.3 Å². The maximum absolute atomic E-state index is 12.2. The topological polar surface area (TPSA) is 82.5 Å². The predicted molar refractivity (Wildman–Crippen MR) is 79.2 cm³/mol. The highest BCUT2D eigenvalue weighted by molar-refractivity contribution is 7.99. The third-order valence-corrected chi connectivity index (χ3v) is 5.17. The lowest BCUT2D eigenvalue weighted by Crippen LogP contribution is -2.51. The zero-order valence-corrected chi connectivity index (χ0v) is 12.8. The van der Waals surface area contributed by atoms with Gasteiger partial charge in [-0.05, 0) is 6.92 Å². The van der Waals surface area contributed by atoms with E-state index in [9.17, 15) is 9.59 Å². The van der Waals surface area contributed by atoms with Gasteiger partial charge in [-0.25, -0.2) is 9.78 Å². The molecule has 0 bridgehead atoms. The van der Waals surface area contributed by atoms with E-state index in [4.69, 9.17) is 5.11 Å². The summed E-state index contributed by atoms with van der Waals surface area (Å²) in [7, 11) is 0. The van der Waals surface area contributed by atoms with Gasteiger partial charge in [0.15, 0.2) is 0 Å². The van der Waals surface area contributed by atoms with Crippen molar-refractivity contribution in [3.63, 3.8) is 0 Å². The van der Waals surface area contributed by atoms with Crippen molar-refractivity contribution in [3.05, 3.63) is 16.1 Å². The van der Waals surface area contributed by atoms with Crippen LogP contribution in [-0.4, -0.2) is 51.1 Å². The fraction of sp³-hybridized carbons (Fsp3) is 0.583. The molecular weight excluding hydrogens is 298 g/mol. The van der Waals surface area contributed by atoms with Crippen molar-refractivity contribution in [3.8, 4) is 0 Å². The quantitative estimate of drug-likeness (QED) is 0.881. The molecule has 2 N–H and O–H groups in total. The number of carboxylic acid groups (broad SMARTS) is 1. The van der Waals surface area contributed by atoms with Gasteiger partial charge in [-0.1, -0.05) is 0 Å². The Morgan fingerprint density at radius 3 is 3.05 bits per heavy atom. The molecule has 2 heterocycles. The minimum absolute atomic E-state index is 0.00000528. The molecule has 1 unspecified atom stereocenters. The summed E-state index contributed by atoms with van der Waals surface area (Å²) in [5, 5.41) is 11.8. The van der Waals surface area contributed by atoms with Gasteiger partial charge in [0.05, 0.1) is 30.2 Å². The van der Waals surface area contributed by atoms with Crippen molar-refractivity contribution >= 4 is 35.1 Å². The number of hydrogen-bond donors (Lipinski definition) is 2. The van der Waals surface area contributed by atoms with Crippen LogP contribution < -0.4 is 5.32 Å². The van der Waals surface area contributed by atoms with Crippen LogP contribution in [-0.2, 0) is 11.3 Å². The van der Waals surface area contributed by atoms with E-state index in [1.807, 2.05) is 6.92 Å². The van der Waals surface area contributed by atoms with Crippen LogP contribution in [0.4, 0.5) is 4.79 Å². The Morgan fingerprint density at radius 2 is 2.40 bits per heavy atom. The number of aromatic nitrogens is 1. The zero-order valence-electron chi connectivity index (χ0n) is 11.2. The van der Waals surface area contributed by atoms with Crippen LogP contribution in [0.1, 0.15) is 17.0 Å². The first kappa shape index (κ1) is 15.1. The molecule has 0 aliphatic carbocycles. The predicted octanol–water partition coefficient (Wildman–Crippen LogP) is 1.55. The van der Waals surface area contributed by atoms with Crippen LogP contribution in [0.3, 0.4) is 0 Å². The van der Waals surface area contributed by atoms with Gasteiger partial charge >= 0.3 is 12.0 Å². The minimum atomic E-state index is -0.867. The number of carboxylic acids is 1. The number of nitrogens with one attached hydrogen (secondary N) is 1. The first-order chi connectivity index (χ1) is 9.58. The van der Waals surface area contributed by atoms with E-state index in [2.05, 4.69) is 10.3 Å². The number of aliphatic carboxylic acids is 1. The second-order valence-electron chi connectivity index (χ2n) is 4.54. The molecule has 2 amide bonds. The molecule has 0 spiro atoms. The highest BCUT2D eigenvalue weighted by Gasteiger charge is 2.28. The summed E-state index contributed by atoms with van der Waals surface area (Å²) in [5.74, 6) is 0.663. The third-order valence-electron chi connectivity index (χ3n) is 3.14. The molecule has 2 rings (SSSR count). The van der Waals surface area contributed by atoms with Crippen LogP contribution in [0.25, 0.3) is 0 Å². The number of carbonyl (C=O) groups is 2. The van der Waals surface area contributed by atoms with Gasteiger partial charge in [-0.3, -0.25) is 4.79 Å². The zero-order chi connectivity index (χ0) is 14.5. The van der Waals surface area contributed by atoms with E-state index in [0.717, 1.165) is 16.3 Å². The lowest BCUT2D eigenvalue weighted by atomic mass is 10.2. The van der Waals surface area contributed by atoms with E-state index in [0.29, 0.717) is 18.8 Å². The summed E-state index contributed by atoms with van der Waals surface area (Å²) >= 11 is 3.20. The number of urea groups is 1. The number of aryl methyl sites for hydroxylation is 1.